The fourth-order valence-electron chi connectivity index (χ4n) is 2.29. The molecule has 0 spiro atoms. The van der Waals surface area contributed by atoms with Gasteiger partial charge in [0.25, 0.3) is 5.56 Å². The summed E-state index contributed by atoms with van der Waals surface area (Å²) in [5, 5.41) is -0.689. The second kappa shape index (κ2) is 4.76. The second-order valence-corrected chi connectivity index (χ2v) is 4.93. The number of carbonyl (C=O) groups excluding carboxylic acids is 2. The number of nitrogen functional groups attached to an aromatic ring is 1. The number of hydrogen-bond donors (Lipinski definition) is 1. The maximum Gasteiger partial charge on any atom is 0.264 e. The van der Waals surface area contributed by atoms with E-state index < -0.39 is 89.2 Å². The van der Waals surface area contributed by atoms with Crippen molar-refractivity contribution in [3.63, 3.8) is 0 Å². The predicted octanol–water partition coefficient (Wildman–Crippen LogP) is 1.32. The molecule has 114 valence electrons. The van der Waals surface area contributed by atoms with Crippen LogP contribution in [0.1, 0.15) is 45.6 Å². The highest BCUT2D eigenvalue weighted by Crippen LogP contribution is 2.30. The fraction of sp³-hybridized carbons (Fsp3) is 0.375. The molecule has 3 rings (SSSR count). The summed E-state index contributed by atoms with van der Waals surface area (Å²) in [7, 11) is 0. The molecule has 0 saturated heterocycles. The number of ketones is 2. The van der Waals surface area contributed by atoms with E-state index in [1.165, 1.54) is 0 Å². The van der Waals surface area contributed by atoms with Gasteiger partial charge in [0.15, 0.2) is 5.78 Å². The van der Waals surface area contributed by atoms with Crippen molar-refractivity contribution in [2.45, 2.75) is 38.5 Å². The number of aromatic nitrogens is 2. The van der Waals surface area contributed by atoms with E-state index >= 15 is 0 Å². The van der Waals surface area contributed by atoms with Crippen molar-refractivity contribution in [2.75, 3.05) is 5.73 Å². The molecule has 0 unspecified atom stereocenters. The molecule has 1 heterocycles. The Balaban J connectivity index is 2.64. The maximum atomic E-state index is 13.5. The van der Waals surface area contributed by atoms with Gasteiger partial charge in [0, 0.05) is 21.7 Å². The molecule has 0 radical (unpaired) electrons. The Morgan fingerprint density at radius 3 is 2.95 bits per heavy atom. The summed E-state index contributed by atoms with van der Waals surface area (Å²) in [6, 6.07) is -2.24. The van der Waals surface area contributed by atoms with Gasteiger partial charge >= 0.3 is 0 Å². The Hall–Kier alpha value is -2.50. The molecule has 1 aliphatic carbocycles. The van der Waals surface area contributed by atoms with Crippen molar-refractivity contribution in [2.24, 2.45) is 0 Å². The smallest absolute Gasteiger partial charge is 0.264 e. The average molecular weight is 309 g/mol. The summed E-state index contributed by atoms with van der Waals surface area (Å²) in [4.78, 5) is 42.3. The van der Waals surface area contributed by atoms with Crippen LogP contribution in [-0.4, -0.2) is 21.1 Å². The molecule has 1 aromatic heterocycles. The van der Waals surface area contributed by atoms with Gasteiger partial charge in [-0.3, -0.25) is 19.0 Å². The number of aryl methyl sites for hydroxylation is 1. The van der Waals surface area contributed by atoms with Crippen LogP contribution in [-0.2, 0) is 15.1 Å². The SMILES string of the molecule is [2H]c1c([2H])c(N)c2c(=O)n([C@@]3(C)C(=O)CC(=O)C([2H])([2H])C3([2H])[2H])c(C([2H])([2H])[2H])nc2c1[2H]. The summed E-state index contributed by atoms with van der Waals surface area (Å²) in [5.74, 6) is -3.78. The minimum Gasteiger partial charge on any atom is -0.398 e. The lowest BCUT2D eigenvalue weighted by Gasteiger charge is -2.34. The van der Waals surface area contributed by atoms with Crippen molar-refractivity contribution >= 4 is 28.2 Å². The standard InChI is InChI=1S/C16H17N3O3/c1-9-18-12-5-3-4-11(17)14(12)15(22)19(9)16(2)7-6-10(20)8-13(16)21/h3-5H,6-8,17H2,1-2H3/t16-/m1/s1/i1D3,3D,4D,5D,6D2,7D2. The number of hydrogen-bond acceptors (Lipinski definition) is 5. The van der Waals surface area contributed by atoms with Crippen LogP contribution in [0.15, 0.2) is 22.9 Å². The lowest BCUT2D eigenvalue weighted by molar-refractivity contribution is -0.136. The van der Waals surface area contributed by atoms with Crippen molar-refractivity contribution in [3.05, 3.63) is 34.3 Å². The largest absolute Gasteiger partial charge is 0.398 e. The summed E-state index contributed by atoms with van der Waals surface area (Å²) < 4.78 is 79.6. The maximum absolute atomic E-state index is 13.5. The summed E-state index contributed by atoms with van der Waals surface area (Å²) >= 11 is 0. The molecule has 1 atom stereocenters. The highest BCUT2D eigenvalue weighted by atomic mass is 16.2. The fourth-order valence-corrected chi connectivity index (χ4v) is 2.29. The van der Waals surface area contributed by atoms with E-state index in [9.17, 15) is 14.4 Å². The number of carbonyl (C=O) groups is 2. The molecule has 22 heavy (non-hydrogen) atoms. The van der Waals surface area contributed by atoms with Crippen LogP contribution < -0.4 is 11.3 Å². The Bertz CT molecular complexity index is 1270. The minimum absolute atomic E-state index is 0.161. The molecule has 2 N–H and O–H groups in total. The van der Waals surface area contributed by atoms with E-state index in [0.717, 1.165) is 6.92 Å². The number of nitrogens with zero attached hydrogens (tertiary/aromatic N) is 2. The molecule has 0 bridgehead atoms. The second-order valence-electron chi connectivity index (χ2n) is 4.93. The third-order valence-electron chi connectivity index (χ3n) is 3.49. The van der Waals surface area contributed by atoms with Crippen molar-refractivity contribution < 1.29 is 23.3 Å². The van der Waals surface area contributed by atoms with Gasteiger partial charge in [0.2, 0.25) is 0 Å². The average Bonchev–Trinajstić information content (AvgIpc) is 2.67. The number of anilines is 1. The van der Waals surface area contributed by atoms with Crippen molar-refractivity contribution in [3.8, 4) is 0 Å². The number of rotatable bonds is 1. The first kappa shape index (κ1) is 6.73. The van der Waals surface area contributed by atoms with Gasteiger partial charge in [0.1, 0.15) is 17.1 Å². The highest BCUT2D eigenvalue weighted by Gasteiger charge is 2.41. The topological polar surface area (TPSA) is 95.0 Å². The highest BCUT2D eigenvalue weighted by molar-refractivity contribution is 6.05. The van der Waals surface area contributed by atoms with Crippen LogP contribution in [0.5, 0.6) is 0 Å². The number of Topliss-reactive ketones (excluding diaryl/α,β-unsaturated/α-hetero) is 2. The lowest BCUT2D eigenvalue weighted by atomic mass is 9.81. The van der Waals surface area contributed by atoms with Gasteiger partial charge in [-0.2, -0.15) is 0 Å². The number of benzene rings is 1. The molecule has 0 aliphatic heterocycles. The summed E-state index contributed by atoms with van der Waals surface area (Å²) in [6.45, 7) is -2.47. The molecule has 1 fully saturated rings. The van der Waals surface area contributed by atoms with Crippen LogP contribution in [0.25, 0.3) is 10.9 Å². The predicted molar refractivity (Wildman–Crippen MR) is 82.7 cm³/mol. The quantitative estimate of drug-likeness (QED) is 0.633. The first-order chi connectivity index (χ1) is 14.3. The normalized spacial score (nSPS) is 34.0. The molecule has 2 aromatic rings. The third-order valence-corrected chi connectivity index (χ3v) is 3.49. The Morgan fingerprint density at radius 2 is 2.23 bits per heavy atom. The van der Waals surface area contributed by atoms with Crippen molar-refractivity contribution in [1.29, 1.82) is 0 Å². The number of nitrogens with two attached hydrogens (primary N) is 1. The zero-order valence-corrected chi connectivity index (χ0v) is 11.4. The minimum atomic E-state index is -3.40. The lowest BCUT2D eigenvalue weighted by Crippen LogP contribution is -2.49. The van der Waals surface area contributed by atoms with Gasteiger partial charge in [-0.1, -0.05) is 6.04 Å². The van der Waals surface area contributed by atoms with Gasteiger partial charge in [-0.05, 0) is 32.2 Å². The number of fused-ring (bicyclic) bond motifs is 1. The zero-order valence-electron chi connectivity index (χ0n) is 21.4. The van der Waals surface area contributed by atoms with Crippen LogP contribution in [0, 0.1) is 6.85 Å². The van der Waals surface area contributed by atoms with E-state index in [1.807, 2.05) is 0 Å². The molecule has 0 amide bonds. The zero-order chi connectivity index (χ0) is 24.8. The first-order valence-electron chi connectivity index (χ1n) is 11.2. The van der Waals surface area contributed by atoms with E-state index in [4.69, 9.17) is 19.4 Å². The van der Waals surface area contributed by atoms with E-state index in [-0.39, 0.29) is 4.57 Å². The molecular formula is C16H17N3O3. The molecule has 1 saturated carbocycles. The van der Waals surface area contributed by atoms with E-state index in [0.29, 0.717) is 0 Å². The van der Waals surface area contributed by atoms with E-state index in [2.05, 4.69) is 4.98 Å². The van der Waals surface area contributed by atoms with Gasteiger partial charge < -0.3 is 5.73 Å². The Kier molecular flexibility index (Phi) is 1.46. The van der Waals surface area contributed by atoms with Crippen molar-refractivity contribution in [1.82, 2.24) is 9.55 Å². The van der Waals surface area contributed by atoms with Crippen LogP contribution in [0.4, 0.5) is 5.69 Å². The Labute approximate surface area is 141 Å². The molecule has 6 nitrogen and oxygen atoms in total. The molecular weight excluding hydrogens is 282 g/mol. The van der Waals surface area contributed by atoms with Gasteiger partial charge in [-0.25, -0.2) is 4.98 Å². The van der Waals surface area contributed by atoms with E-state index in [1.54, 1.807) is 0 Å². The molecule has 6 heteroatoms. The van der Waals surface area contributed by atoms with Crippen LogP contribution in [0.3, 0.4) is 0 Å². The Morgan fingerprint density at radius 1 is 1.45 bits per heavy atom. The summed E-state index contributed by atoms with van der Waals surface area (Å²) in [6.07, 6.45) is -7.78. The molecule has 1 aromatic carbocycles. The first-order valence-corrected chi connectivity index (χ1v) is 6.23. The van der Waals surface area contributed by atoms with Gasteiger partial charge in [-0.15, -0.1) is 0 Å². The monoisotopic (exact) mass is 309 g/mol. The summed E-state index contributed by atoms with van der Waals surface area (Å²) in [5.41, 5.74) is 0.240. The van der Waals surface area contributed by atoms with Crippen LogP contribution >= 0.6 is 0 Å². The van der Waals surface area contributed by atoms with Crippen LogP contribution in [0.2, 0.25) is 0 Å². The van der Waals surface area contributed by atoms with Gasteiger partial charge in [0.05, 0.1) is 21.4 Å². The molecule has 1 aliphatic rings. The third kappa shape index (κ3) is 1.94.